The highest BCUT2D eigenvalue weighted by atomic mass is 16.5. The van der Waals surface area contributed by atoms with Gasteiger partial charge in [0.2, 0.25) is 0 Å². The molecule has 5 nitrogen and oxygen atoms in total. The summed E-state index contributed by atoms with van der Waals surface area (Å²) in [4.78, 5) is 13.4. The standard InChI is InChI=1S/C24H19N3O2/c1-15-11-12-19-18(13-15)24(23(28)25-19)27-21(17-9-5-6-10-22(17)29-24)14-20(26-27)16-7-3-2-4-8-16/h2-13,21H,14H2,1H3,(H,25,28)/t21-,24+/m0/s1. The van der Waals surface area contributed by atoms with E-state index in [9.17, 15) is 4.79 Å². The second-order valence-corrected chi connectivity index (χ2v) is 7.76. The summed E-state index contributed by atoms with van der Waals surface area (Å²) in [5.41, 5.74) is 4.47. The largest absolute Gasteiger partial charge is 0.453 e. The molecule has 0 bridgehead atoms. The van der Waals surface area contributed by atoms with E-state index in [1.54, 1.807) is 0 Å². The first-order valence-corrected chi connectivity index (χ1v) is 9.79. The van der Waals surface area contributed by atoms with Crippen molar-refractivity contribution >= 4 is 17.3 Å². The number of benzene rings is 3. The fraction of sp³-hybridized carbons (Fsp3) is 0.167. The van der Waals surface area contributed by atoms with E-state index in [0.717, 1.165) is 45.8 Å². The van der Waals surface area contributed by atoms with Crippen LogP contribution in [0, 0.1) is 6.92 Å². The molecule has 0 aromatic heterocycles. The normalized spacial score (nSPS) is 23.8. The molecule has 0 fully saturated rings. The number of hydrogen-bond donors (Lipinski definition) is 1. The summed E-state index contributed by atoms with van der Waals surface area (Å²) in [6.07, 6.45) is 0.723. The molecule has 142 valence electrons. The van der Waals surface area contributed by atoms with Gasteiger partial charge in [-0.15, -0.1) is 0 Å². The van der Waals surface area contributed by atoms with E-state index in [1.807, 2.05) is 66.5 Å². The number of hydrazone groups is 1. The Hall–Kier alpha value is -3.60. The number of aryl methyl sites for hydroxylation is 1. The molecule has 3 aromatic rings. The van der Waals surface area contributed by atoms with Crippen LogP contribution in [0.3, 0.4) is 0 Å². The highest BCUT2D eigenvalue weighted by Crippen LogP contribution is 2.54. The minimum Gasteiger partial charge on any atom is -0.453 e. The first-order valence-electron chi connectivity index (χ1n) is 9.79. The third-order valence-corrected chi connectivity index (χ3v) is 5.97. The van der Waals surface area contributed by atoms with Gasteiger partial charge in [-0.2, -0.15) is 5.10 Å². The maximum absolute atomic E-state index is 13.4. The molecular weight excluding hydrogens is 362 g/mol. The summed E-state index contributed by atoms with van der Waals surface area (Å²) in [5.74, 6) is 0.540. The first kappa shape index (κ1) is 16.4. The average molecular weight is 381 g/mol. The zero-order chi connectivity index (χ0) is 19.6. The van der Waals surface area contributed by atoms with Gasteiger partial charge in [0.1, 0.15) is 5.75 Å². The van der Waals surface area contributed by atoms with Gasteiger partial charge in [-0.1, -0.05) is 60.2 Å². The van der Waals surface area contributed by atoms with E-state index < -0.39 is 5.72 Å². The maximum Gasteiger partial charge on any atom is 0.306 e. The van der Waals surface area contributed by atoms with Crippen molar-refractivity contribution in [1.82, 2.24) is 5.01 Å². The van der Waals surface area contributed by atoms with Crippen molar-refractivity contribution in [1.29, 1.82) is 0 Å². The van der Waals surface area contributed by atoms with Gasteiger partial charge in [-0.05, 0) is 30.7 Å². The van der Waals surface area contributed by atoms with Crippen molar-refractivity contribution in [2.75, 3.05) is 5.32 Å². The molecule has 3 aliphatic rings. The van der Waals surface area contributed by atoms with Crippen LogP contribution < -0.4 is 10.1 Å². The fourth-order valence-electron chi connectivity index (χ4n) is 4.61. The summed E-state index contributed by atoms with van der Waals surface area (Å²) in [7, 11) is 0. The van der Waals surface area contributed by atoms with E-state index >= 15 is 0 Å². The number of hydrogen-bond acceptors (Lipinski definition) is 4. The van der Waals surface area contributed by atoms with E-state index in [2.05, 4.69) is 23.5 Å². The second-order valence-electron chi connectivity index (χ2n) is 7.76. The van der Waals surface area contributed by atoms with Crippen LogP contribution in [0.1, 0.15) is 34.7 Å². The highest BCUT2D eigenvalue weighted by Gasteiger charge is 2.60. The Bertz CT molecular complexity index is 1190. The molecule has 0 saturated carbocycles. The Morgan fingerprint density at radius 2 is 1.86 bits per heavy atom. The predicted molar refractivity (Wildman–Crippen MR) is 111 cm³/mol. The lowest BCUT2D eigenvalue weighted by molar-refractivity contribution is -0.161. The summed E-state index contributed by atoms with van der Waals surface area (Å²) < 4.78 is 6.48. The second kappa shape index (κ2) is 5.70. The topological polar surface area (TPSA) is 53.9 Å². The van der Waals surface area contributed by atoms with Crippen LogP contribution in [0.15, 0.2) is 77.9 Å². The van der Waals surface area contributed by atoms with Gasteiger partial charge in [0.05, 0.1) is 23.0 Å². The quantitative estimate of drug-likeness (QED) is 0.682. The van der Waals surface area contributed by atoms with E-state index in [1.165, 1.54) is 0 Å². The van der Waals surface area contributed by atoms with Crippen molar-refractivity contribution < 1.29 is 9.53 Å². The molecule has 0 saturated heterocycles. The molecule has 6 rings (SSSR count). The predicted octanol–water partition coefficient (Wildman–Crippen LogP) is 4.34. The smallest absolute Gasteiger partial charge is 0.306 e. The van der Waals surface area contributed by atoms with Crippen LogP contribution in [0.5, 0.6) is 5.75 Å². The molecule has 1 N–H and O–H groups in total. The van der Waals surface area contributed by atoms with Crippen LogP contribution in [-0.4, -0.2) is 16.6 Å². The van der Waals surface area contributed by atoms with Gasteiger partial charge in [0.15, 0.2) is 0 Å². The number of amides is 1. The minimum absolute atomic E-state index is 0.0626. The molecule has 1 amide bonds. The fourth-order valence-corrected chi connectivity index (χ4v) is 4.61. The summed E-state index contributed by atoms with van der Waals surface area (Å²) >= 11 is 0. The molecule has 3 heterocycles. The number of ether oxygens (including phenoxy) is 1. The SMILES string of the molecule is Cc1ccc2c(c1)[C@@]1(Oc3ccccc3[C@@H]3CC(c4ccccc4)=NN31)C(=O)N2. The van der Waals surface area contributed by atoms with Crippen LogP contribution in [-0.2, 0) is 10.5 Å². The van der Waals surface area contributed by atoms with E-state index in [-0.39, 0.29) is 11.9 Å². The number of para-hydroxylation sites is 1. The molecular formula is C24H19N3O2. The van der Waals surface area contributed by atoms with Gasteiger partial charge in [-0.3, -0.25) is 4.79 Å². The van der Waals surface area contributed by atoms with Crippen molar-refractivity contribution in [3.8, 4) is 5.75 Å². The van der Waals surface area contributed by atoms with Crippen molar-refractivity contribution in [2.45, 2.75) is 25.1 Å². The molecule has 3 aromatic carbocycles. The van der Waals surface area contributed by atoms with Crippen LogP contribution in [0.25, 0.3) is 0 Å². The molecule has 5 heteroatoms. The van der Waals surface area contributed by atoms with Crippen molar-refractivity contribution in [2.24, 2.45) is 5.10 Å². The summed E-state index contributed by atoms with van der Waals surface area (Å²) in [6, 6.07) is 24.0. The number of anilines is 1. The number of nitrogens with one attached hydrogen (secondary N) is 1. The Kier molecular flexibility index (Phi) is 3.22. The van der Waals surface area contributed by atoms with Gasteiger partial charge in [0.25, 0.3) is 5.91 Å². The van der Waals surface area contributed by atoms with Gasteiger partial charge in [-0.25, -0.2) is 5.01 Å². The maximum atomic E-state index is 13.4. The lowest BCUT2D eigenvalue weighted by Gasteiger charge is -2.44. The average Bonchev–Trinajstić information content (AvgIpc) is 3.31. The Balaban J connectivity index is 1.59. The number of rotatable bonds is 1. The first-order chi connectivity index (χ1) is 14.2. The zero-order valence-electron chi connectivity index (χ0n) is 15.9. The van der Waals surface area contributed by atoms with Gasteiger partial charge < -0.3 is 10.1 Å². The number of carbonyl (C=O) groups excluding carboxylic acids is 1. The molecule has 3 aliphatic heterocycles. The molecule has 29 heavy (non-hydrogen) atoms. The molecule has 0 unspecified atom stereocenters. The Labute approximate surface area is 168 Å². The molecule has 0 aliphatic carbocycles. The number of fused-ring (bicyclic) bond motifs is 6. The summed E-state index contributed by atoms with van der Waals surface area (Å²) in [6.45, 7) is 2.02. The van der Waals surface area contributed by atoms with Crippen molar-refractivity contribution in [3.63, 3.8) is 0 Å². The highest BCUT2D eigenvalue weighted by molar-refractivity contribution is 6.07. The van der Waals surface area contributed by atoms with Crippen molar-refractivity contribution in [3.05, 3.63) is 95.1 Å². The minimum atomic E-state index is -1.29. The van der Waals surface area contributed by atoms with Gasteiger partial charge in [0, 0.05) is 12.0 Å². The lowest BCUT2D eigenvalue weighted by Crippen LogP contribution is -2.55. The van der Waals surface area contributed by atoms with E-state index in [0.29, 0.717) is 0 Å². The number of carbonyl (C=O) groups is 1. The van der Waals surface area contributed by atoms with E-state index in [4.69, 9.17) is 9.84 Å². The molecule has 0 radical (unpaired) electrons. The molecule has 1 spiro atoms. The third-order valence-electron chi connectivity index (χ3n) is 5.97. The Morgan fingerprint density at radius 1 is 1.07 bits per heavy atom. The van der Waals surface area contributed by atoms with Crippen LogP contribution in [0.2, 0.25) is 0 Å². The Morgan fingerprint density at radius 3 is 2.72 bits per heavy atom. The monoisotopic (exact) mass is 381 g/mol. The molecule has 2 atom stereocenters. The third kappa shape index (κ3) is 2.15. The van der Waals surface area contributed by atoms with Crippen LogP contribution >= 0.6 is 0 Å². The lowest BCUT2D eigenvalue weighted by atomic mass is 9.92. The zero-order valence-corrected chi connectivity index (χ0v) is 15.9. The van der Waals surface area contributed by atoms with Gasteiger partial charge >= 0.3 is 5.72 Å². The summed E-state index contributed by atoms with van der Waals surface area (Å²) in [5, 5.41) is 9.84. The van der Waals surface area contributed by atoms with Crippen LogP contribution in [0.4, 0.5) is 5.69 Å². The number of nitrogens with zero attached hydrogens (tertiary/aromatic N) is 2.